The number of nitrogens with one attached hydrogen (secondary N) is 1. The molecule has 0 radical (unpaired) electrons. The van der Waals surface area contributed by atoms with Crippen LogP contribution in [-0.2, 0) is 11.3 Å². The first kappa shape index (κ1) is 18.4. The Bertz CT molecular complexity index is 737. The number of amides is 1. The summed E-state index contributed by atoms with van der Waals surface area (Å²) in [5, 5.41) is 4.12. The first-order valence-electron chi connectivity index (χ1n) is 9.63. The van der Waals surface area contributed by atoms with Gasteiger partial charge in [-0.1, -0.05) is 41.7 Å². The number of benzene rings is 1. The Morgan fingerprint density at radius 2 is 1.89 bits per heavy atom. The molecule has 3 heterocycles. The fourth-order valence-electron chi connectivity index (χ4n) is 3.60. The summed E-state index contributed by atoms with van der Waals surface area (Å²) >= 11 is 1.48. The zero-order valence-corrected chi connectivity index (χ0v) is 16.3. The van der Waals surface area contributed by atoms with Gasteiger partial charge in [0.2, 0.25) is 0 Å². The number of hydrogen-bond acceptors (Lipinski definition) is 6. The third-order valence-electron chi connectivity index (χ3n) is 5.17. The van der Waals surface area contributed by atoms with E-state index in [4.69, 9.17) is 4.74 Å². The SMILES string of the molecule is O=C(NC1CCN(Cc2ccccc2)CC1)c1cnc(N2CCOCC2)s1. The lowest BCUT2D eigenvalue weighted by Crippen LogP contribution is -2.44. The van der Waals surface area contributed by atoms with Gasteiger partial charge in [0.15, 0.2) is 5.13 Å². The number of aromatic nitrogens is 1. The predicted molar refractivity (Wildman–Crippen MR) is 107 cm³/mol. The van der Waals surface area contributed by atoms with E-state index in [-0.39, 0.29) is 11.9 Å². The minimum atomic E-state index is 0.00789. The predicted octanol–water partition coefficient (Wildman–Crippen LogP) is 2.37. The third-order valence-corrected chi connectivity index (χ3v) is 6.23. The molecule has 0 saturated carbocycles. The maximum atomic E-state index is 12.6. The van der Waals surface area contributed by atoms with Crippen LogP contribution in [-0.4, -0.2) is 61.2 Å². The number of likely N-dealkylation sites (tertiary alicyclic amines) is 1. The molecule has 1 amide bonds. The summed E-state index contributed by atoms with van der Waals surface area (Å²) in [5.41, 5.74) is 1.35. The number of piperidine rings is 1. The highest BCUT2D eigenvalue weighted by molar-refractivity contribution is 7.17. The minimum Gasteiger partial charge on any atom is -0.378 e. The maximum Gasteiger partial charge on any atom is 0.263 e. The van der Waals surface area contributed by atoms with Crippen molar-refractivity contribution in [3.63, 3.8) is 0 Å². The van der Waals surface area contributed by atoms with Crippen molar-refractivity contribution in [1.82, 2.24) is 15.2 Å². The van der Waals surface area contributed by atoms with Crippen LogP contribution in [0.15, 0.2) is 36.5 Å². The van der Waals surface area contributed by atoms with Crippen LogP contribution in [0, 0.1) is 0 Å². The largest absolute Gasteiger partial charge is 0.378 e. The number of morpholine rings is 1. The highest BCUT2D eigenvalue weighted by Gasteiger charge is 2.23. The fraction of sp³-hybridized carbons (Fsp3) is 0.500. The van der Waals surface area contributed by atoms with Crippen molar-refractivity contribution in [2.24, 2.45) is 0 Å². The van der Waals surface area contributed by atoms with Crippen molar-refractivity contribution in [3.8, 4) is 0 Å². The van der Waals surface area contributed by atoms with Gasteiger partial charge in [-0.05, 0) is 18.4 Å². The molecule has 1 aromatic carbocycles. The lowest BCUT2D eigenvalue weighted by Gasteiger charge is -2.32. The number of anilines is 1. The average Bonchev–Trinajstić information content (AvgIpc) is 3.21. The molecule has 0 unspecified atom stereocenters. The molecular weight excluding hydrogens is 360 g/mol. The molecule has 0 aliphatic carbocycles. The molecular formula is C20H26N4O2S. The lowest BCUT2D eigenvalue weighted by molar-refractivity contribution is 0.0913. The third kappa shape index (κ3) is 4.86. The molecule has 7 heteroatoms. The second-order valence-corrected chi connectivity index (χ2v) is 8.13. The minimum absolute atomic E-state index is 0.00789. The van der Waals surface area contributed by atoms with E-state index < -0.39 is 0 Å². The summed E-state index contributed by atoms with van der Waals surface area (Å²) in [6, 6.07) is 10.8. The van der Waals surface area contributed by atoms with Crippen molar-refractivity contribution in [2.45, 2.75) is 25.4 Å². The molecule has 2 aliphatic heterocycles. The molecule has 1 aromatic heterocycles. The summed E-state index contributed by atoms with van der Waals surface area (Å²) in [4.78, 5) is 22.4. The number of thiazole rings is 1. The van der Waals surface area contributed by atoms with E-state index in [1.165, 1.54) is 16.9 Å². The topological polar surface area (TPSA) is 57.7 Å². The van der Waals surface area contributed by atoms with Gasteiger partial charge in [0.1, 0.15) is 4.88 Å². The number of nitrogens with zero attached hydrogens (tertiary/aromatic N) is 3. The molecule has 0 spiro atoms. The van der Waals surface area contributed by atoms with Gasteiger partial charge in [0.25, 0.3) is 5.91 Å². The Kier molecular flexibility index (Phi) is 6.01. The Hall–Kier alpha value is -1.96. The van der Waals surface area contributed by atoms with Crippen LogP contribution < -0.4 is 10.2 Å². The normalized spacial score (nSPS) is 19.2. The van der Waals surface area contributed by atoms with Gasteiger partial charge in [-0.3, -0.25) is 9.69 Å². The zero-order valence-electron chi connectivity index (χ0n) is 15.5. The van der Waals surface area contributed by atoms with E-state index in [9.17, 15) is 4.79 Å². The van der Waals surface area contributed by atoms with Crippen molar-refractivity contribution < 1.29 is 9.53 Å². The molecule has 0 atom stereocenters. The van der Waals surface area contributed by atoms with Crippen LogP contribution in [0.1, 0.15) is 28.1 Å². The summed E-state index contributed by atoms with van der Waals surface area (Å²) in [7, 11) is 0. The molecule has 0 bridgehead atoms. The Morgan fingerprint density at radius 3 is 2.63 bits per heavy atom. The molecule has 4 rings (SSSR count). The van der Waals surface area contributed by atoms with Gasteiger partial charge in [-0.15, -0.1) is 0 Å². The summed E-state index contributed by atoms with van der Waals surface area (Å²) in [6.45, 7) is 6.15. The van der Waals surface area contributed by atoms with Gasteiger partial charge in [0.05, 0.1) is 19.4 Å². The second-order valence-electron chi connectivity index (χ2n) is 7.12. The van der Waals surface area contributed by atoms with Gasteiger partial charge >= 0.3 is 0 Å². The maximum absolute atomic E-state index is 12.6. The molecule has 2 aliphatic rings. The standard InChI is InChI=1S/C20H26N4O2S/c25-19(18-14-21-20(27-18)24-10-12-26-13-11-24)22-17-6-8-23(9-7-17)15-16-4-2-1-3-5-16/h1-5,14,17H,6-13,15H2,(H,22,25). The number of hydrogen-bond donors (Lipinski definition) is 1. The fourth-order valence-corrected chi connectivity index (χ4v) is 4.48. The zero-order chi connectivity index (χ0) is 18.5. The number of ether oxygens (including phenoxy) is 1. The van der Waals surface area contributed by atoms with E-state index in [0.717, 1.165) is 63.9 Å². The van der Waals surface area contributed by atoms with Gasteiger partial charge in [-0.25, -0.2) is 4.98 Å². The highest BCUT2D eigenvalue weighted by atomic mass is 32.1. The first-order chi connectivity index (χ1) is 13.3. The first-order valence-corrected chi connectivity index (χ1v) is 10.5. The highest BCUT2D eigenvalue weighted by Crippen LogP contribution is 2.24. The molecule has 2 saturated heterocycles. The van der Waals surface area contributed by atoms with E-state index in [1.54, 1.807) is 6.20 Å². The Balaban J connectivity index is 1.25. The average molecular weight is 387 g/mol. The molecule has 27 heavy (non-hydrogen) atoms. The van der Waals surface area contributed by atoms with Crippen molar-refractivity contribution in [2.75, 3.05) is 44.3 Å². The molecule has 6 nitrogen and oxygen atoms in total. The summed E-state index contributed by atoms with van der Waals surface area (Å²) < 4.78 is 5.37. The van der Waals surface area contributed by atoms with Crippen molar-refractivity contribution >= 4 is 22.4 Å². The number of carbonyl (C=O) groups is 1. The van der Waals surface area contributed by atoms with Crippen LogP contribution >= 0.6 is 11.3 Å². The summed E-state index contributed by atoms with van der Waals surface area (Å²) in [5.74, 6) is 0.00789. The Labute approximate surface area is 164 Å². The van der Waals surface area contributed by atoms with E-state index >= 15 is 0 Å². The van der Waals surface area contributed by atoms with E-state index in [2.05, 4.69) is 50.4 Å². The van der Waals surface area contributed by atoms with Crippen LogP contribution in [0.4, 0.5) is 5.13 Å². The van der Waals surface area contributed by atoms with E-state index in [0.29, 0.717) is 4.88 Å². The van der Waals surface area contributed by atoms with Crippen molar-refractivity contribution in [1.29, 1.82) is 0 Å². The lowest BCUT2D eigenvalue weighted by atomic mass is 10.0. The van der Waals surface area contributed by atoms with Gasteiger partial charge in [0, 0.05) is 38.8 Å². The van der Waals surface area contributed by atoms with Crippen LogP contribution in [0.2, 0.25) is 0 Å². The van der Waals surface area contributed by atoms with Gasteiger partial charge < -0.3 is 15.0 Å². The smallest absolute Gasteiger partial charge is 0.263 e. The van der Waals surface area contributed by atoms with Crippen LogP contribution in [0.3, 0.4) is 0 Å². The van der Waals surface area contributed by atoms with Crippen LogP contribution in [0.25, 0.3) is 0 Å². The quantitative estimate of drug-likeness (QED) is 0.855. The molecule has 1 N–H and O–H groups in total. The summed E-state index contributed by atoms with van der Waals surface area (Å²) in [6.07, 6.45) is 3.69. The van der Waals surface area contributed by atoms with Crippen LogP contribution in [0.5, 0.6) is 0 Å². The van der Waals surface area contributed by atoms with E-state index in [1.807, 2.05) is 0 Å². The molecule has 2 fully saturated rings. The molecule has 144 valence electrons. The van der Waals surface area contributed by atoms with Gasteiger partial charge in [-0.2, -0.15) is 0 Å². The second kappa shape index (κ2) is 8.82. The number of carbonyl (C=O) groups excluding carboxylic acids is 1. The monoisotopic (exact) mass is 386 g/mol. The van der Waals surface area contributed by atoms with Crippen molar-refractivity contribution in [3.05, 3.63) is 47.0 Å². The Morgan fingerprint density at radius 1 is 1.15 bits per heavy atom. The number of rotatable bonds is 5. The molecule has 2 aromatic rings.